The van der Waals surface area contributed by atoms with Gasteiger partial charge in [0.25, 0.3) is 11.6 Å². The SMILES string of the molecule is COc1ccc(-c2nc3cc(C(C)C)ccc3o2)cc1NC(=O)c1sc2c([N+](=O)[O-])cccc2c1Cl. The van der Waals surface area contributed by atoms with Crippen molar-refractivity contribution >= 4 is 61.4 Å². The van der Waals surface area contributed by atoms with E-state index < -0.39 is 10.8 Å². The van der Waals surface area contributed by atoms with E-state index in [1.165, 1.54) is 19.2 Å². The van der Waals surface area contributed by atoms with Crippen molar-refractivity contribution in [1.29, 1.82) is 0 Å². The third-order valence-electron chi connectivity index (χ3n) is 5.81. The average molecular weight is 522 g/mol. The van der Waals surface area contributed by atoms with Crippen LogP contribution in [0.4, 0.5) is 11.4 Å². The Labute approximate surface area is 214 Å². The number of carbonyl (C=O) groups is 1. The highest BCUT2D eigenvalue weighted by Gasteiger charge is 2.24. The van der Waals surface area contributed by atoms with Crippen LogP contribution in [0, 0.1) is 10.1 Å². The van der Waals surface area contributed by atoms with Crippen LogP contribution in [0.25, 0.3) is 32.6 Å². The Kier molecular flexibility index (Phi) is 6.11. The summed E-state index contributed by atoms with van der Waals surface area (Å²) in [6.45, 7) is 4.23. The smallest absolute Gasteiger partial charge is 0.287 e. The maximum atomic E-state index is 13.2. The highest BCUT2D eigenvalue weighted by molar-refractivity contribution is 7.22. The molecule has 3 aromatic carbocycles. The number of amides is 1. The Hall–Kier alpha value is -3.95. The van der Waals surface area contributed by atoms with Gasteiger partial charge in [-0.2, -0.15) is 0 Å². The number of thiophene rings is 1. The summed E-state index contributed by atoms with van der Waals surface area (Å²) in [5.74, 6) is 0.678. The second-order valence-electron chi connectivity index (χ2n) is 8.43. The molecule has 0 radical (unpaired) electrons. The number of carbonyl (C=O) groups excluding carboxylic acids is 1. The quantitative estimate of drug-likeness (QED) is 0.181. The third kappa shape index (κ3) is 4.16. The number of oxazole rings is 1. The van der Waals surface area contributed by atoms with E-state index >= 15 is 0 Å². The van der Waals surface area contributed by atoms with Gasteiger partial charge < -0.3 is 14.5 Å². The topological polar surface area (TPSA) is 108 Å². The van der Waals surface area contributed by atoms with E-state index in [4.69, 9.17) is 20.8 Å². The molecule has 2 aromatic heterocycles. The summed E-state index contributed by atoms with van der Waals surface area (Å²) < 4.78 is 11.7. The lowest BCUT2D eigenvalue weighted by Gasteiger charge is -2.11. The molecular formula is C26H20ClN3O5S. The lowest BCUT2D eigenvalue weighted by atomic mass is 10.0. The van der Waals surface area contributed by atoms with E-state index in [2.05, 4.69) is 24.1 Å². The number of benzene rings is 3. The second-order valence-corrected chi connectivity index (χ2v) is 9.82. The van der Waals surface area contributed by atoms with Crippen LogP contribution >= 0.6 is 22.9 Å². The normalized spacial score (nSPS) is 11.4. The van der Waals surface area contributed by atoms with Crippen molar-refractivity contribution < 1.29 is 18.9 Å². The molecule has 8 nitrogen and oxygen atoms in total. The fraction of sp³-hybridized carbons (Fsp3) is 0.154. The number of nitrogens with zero attached hydrogens (tertiary/aromatic N) is 2. The molecule has 0 atom stereocenters. The van der Waals surface area contributed by atoms with Crippen molar-refractivity contribution in [3.05, 3.63) is 80.2 Å². The molecule has 0 aliphatic carbocycles. The first-order valence-electron chi connectivity index (χ1n) is 11.0. The maximum absolute atomic E-state index is 13.2. The molecule has 182 valence electrons. The minimum absolute atomic E-state index is 0.102. The van der Waals surface area contributed by atoms with Gasteiger partial charge in [-0.3, -0.25) is 14.9 Å². The zero-order valence-electron chi connectivity index (χ0n) is 19.5. The molecule has 2 heterocycles. The molecule has 0 aliphatic rings. The number of hydrogen-bond donors (Lipinski definition) is 1. The fourth-order valence-electron chi connectivity index (χ4n) is 3.91. The van der Waals surface area contributed by atoms with Crippen LogP contribution in [0.2, 0.25) is 5.02 Å². The van der Waals surface area contributed by atoms with Crippen molar-refractivity contribution in [3.8, 4) is 17.2 Å². The summed E-state index contributed by atoms with van der Waals surface area (Å²) in [7, 11) is 1.49. The van der Waals surface area contributed by atoms with Crippen LogP contribution in [0.1, 0.15) is 35.0 Å². The summed E-state index contributed by atoms with van der Waals surface area (Å²) in [6.07, 6.45) is 0. The van der Waals surface area contributed by atoms with Crippen LogP contribution in [-0.2, 0) is 0 Å². The fourth-order valence-corrected chi connectivity index (χ4v) is 5.40. The number of nitro benzene ring substituents is 1. The van der Waals surface area contributed by atoms with Gasteiger partial charge in [-0.1, -0.05) is 43.6 Å². The Morgan fingerprint density at radius 1 is 1.19 bits per heavy atom. The number of anilines is 1. The lowest BCUT2D eigenvalue weighted by Crippen LogP contribution is -2.11. The van der Waals surface area contributed by atoms with Crippen molar-refractivity contribution in [3.63, 3.8) is 0 Å². The number of fused-ring (bicyclic) bond motifs is 2. The van der Waals surface area contributed by atoms with Crippen LogP contribution < -0.4 is 10.1 Å². The first-order chi connectivity index (χ1) is 17.3. The van der Waals surface area contributed by atoms with Gasteiger partial charge in [-0.25, -0.2) is 4.98 Å². The monoisotopic (exact) mass is 521 g/mol. The summed E-state index contributed by atoms with van der Waals surface area (Å²) in [5.41, 5.74) is 3.49. The molecule has 1 amide bonds. The highest BCUT2D eigenvalue weighted by atomic mass is 35.5. The number of hydrogen-bond acceptors (Lipinski definition) is 7. The van der Waals surface area contributed by atoms with Gasteiger partial charge in [-0.05, 0) is 41.8 Å². The van der Waals surface area contributed by atoms with E-state index in [9.17, 15) is 14.9 Å². The Morgan fingerprint density at radius 2 is 2.00 bits per heavy atom. The standard InChI is InChI=1S/C26H20ClN3O5S/c1-13(2)14-7-10-21-18(11-14)29-26(35-21)15-8-9-20(34-3)17(12-15)28-25(31)24-22(27)16-5-4-6-19(30(32)33)23(16)36-24/h4-13H,1-3H3,(H,28,31). The predicted molar refractivity (Wildman–Crippen MR) is 142 cm³/mol. The molecule has 0 saturated heterocycles. The molecule has 5 rings (SSSR count). The van der Waals surface area contributed by atoms with Crippen LogP contribution in [-0.4, -0.2) is 22.9 Å². The van der Waals surface area contributed by atoms with E-state index in [1.54, 1.807) is 24.3 Å². The number of rotatable bonds is 6. The third-order valence-corrected chi connectivity index (χ3v) is 7.54. The van der Waals surface area contributed by atoms with Crippen molar-refractivity contribution in [2.45, 2.75) is 19.8 Å². The molecule has 0 aliphatic heterocycles. The average Bonchev–Trinajstić information content (AvgIpc) is 3.44. The number of nitro groups is 1. The molecule has 0 bridgehead atoms. The van der Waals surface area contributed by atoms with Gasteiger partial charge in [-0.15, -0.1) is 11.3 Å². The molecule has 5 aromatic rings. The minimum Gasteiger partial charge on any atom is -0.495 e. The molecule has 10 heteroatoms. The number of aromatic nitrogens is 1. The van der Waals surface area contributed by atoms with Crippen molar-refractivity contribution in [2.24, 2.45) is 0 Å². The number of nitrogens with one attached hydrogen (secondary N) is 1. The number of halogens is 1. The Balaban J connectivity index is 1.51. The molecule has 0 unspecified atom stereocenters. The van der Waals surface area contributed by atoms with Gasteiger partial charge in [0.1, 0.15) is 20.8 Å². The van der Waals surface area contributed by atoms with Gasteiger partial charge in [0, 0.05) is 17.0 Å². The molecular weight excluding hydrogens is 502 g/mol. The van der Waals surface area contributed by atoms with Crippen LogP contribution in [0.3, 0.4) is 0 Å². The van der Waals surface area contributed by atoms with E-state index in [0.29, 0.717) is 44.5 Å². The van der Waals surface area contributed by atoms with Gasteiger partial charge in [0.05, 0.1) is 22.7 Å². The first-order valence-corrected chi connectivity index (χ1v) is 12.2. The molecule has 0 spiro atoms. The highest BCUT2D eigenvalue weighted by Crippen LogP contribution is 2.41. The minimum atomic E-state index is -0.509. The maximum Gasteiger partial charge on any atom is 0.287 e. The summed E-state index contributed by atoms with van der Waals surface area (Å²) >= 11 is 7.42. The molecule has 0 fully saturated rings. The van der Waals surface area contributed by atoms with Crippen LogP contribution in [0.15, 0.2) is 59.0 Å². The second kappa shape index (κ2) is 9.25. The first kappa shape index (κ1) is 23.8. The van der Waals surface area contributed by atoms with E-state index in [0.717, 1.165) is 22.4 Å². The predicted octanol–water partition coefficient (Wildman–Crippen LogP) is 7.66. The van der Waals surface area contributed by atoms with Crippen LogP contribution in [0.5, 0.6) is 5.75 Å². The van der Waals surface area contributed by atoms with E-state index in [-0.39, 0.29) is 15.6 Å². The number of ether oxygens (including phenoxy) is 1. The Bertz CT molecular complexity index is 1660. The summed E-state index contributed by atoms with van der Waals surface area (Å²) in [4.78, 5) is 28.9. The van der Waals surface area contributed by atoms with E-state index in [1.807, 2.05) is 18.2 Å². The Morgan fingerprint density at radius 3 is 2.72 bits per heavy atom. The van der Waals surface area contributed by atoms with Gasteiger partial charge >= 0.3 is 0 Å². The van der Waals surface area contributed by atoms with Crippen molar-refractivity contribution in [1.82, 2.24) is 4.98 Å². The number of methoxy groups -OCH3 is 1. The summed E-state index contributed by atoms with van der Waals surface area (Å²) in [6, 6.07) is 15.7. The summed E-state index contributed by atoms with van der Waals surface area (Å²) in [5, 5.41) is 14.8. The number of non-ortho nitro benzene ring substituents is 1. The molecule has 1 N–H and O–H groups in total. The zero-order valence-corrected chi connectivity index (χ0v) is 21.1. The zero-order chi connectivity index (χ0) is 25.6. The van der Waals surface area contributed by atoms with Gasteiger partial charge in [0.2, 0.25) is 5.89 Å². The largest absolute Gasteiger partial charge is 0.495 e. The van der Waals surface area contributed by atoms with Gasteiger partial charge in [0.15, 0.2) is 5.58 Å². The molecule has 36 heavy (non-hydrogen) atoms. The lowest BCUT2D eigenvalue weighted by molar-refractivity contribution is -0.382. The molecule has 0 saturated carbocycles. The van der Waals surface area contributed by atoms with Crippen molar-refractivity contribution in [2.75, 3.05) is 12.4 Å².